The summed E-state index contributed by atoms with van der Waals surface area (Å²) in [5.74, 6) is -0.0312. The predicted octanol–water partition coefficient (Wildman–Crippen LogP) is 3.86. The van der Waals surface area contributed by atoms with Crippen LogP contribution < -0.4 is 5.32 Å². The number of nitrogens with zero attached hydrogens (tertiary/aromatic N) is 1. The van der Waals surface area contributed by atoms with E-state index in [-0.39, 0.29) is 30.3 Å². The van der Waals surface area contributed by atoms with Crippen LogP contribution in [0.2, 0.25) is 0 Å². The second-order valence-electron chi connectivity index (χ2n) is 7.45. The maximum Gasteiger partial charge on any atom is 0.228 e. The molecule has 2 aromatic carbocycles. The molecule has 1 unspecified atom stereocenters. The number of carbonyl (C=O) groups excluding carboxylic acids is 2. The van der Waals surface area contributed by atoms with Crippen LogP contribution in [0.4, 0.5) is 0 Å². The minimum atomic E-state index is -0.705. The molecule has 0 bridgehead atoms. The van der Waals surface area contributed by atoms with Gasteiger partial charge in [0, 0.05) is 13.0 Å². The van der Waals surface area contributed by atoms with E-state index in [2.05, 4.69) is 5.32 Å². The second kappa shape index (κ2) is 7.32. The average Bonchev–Trinajstić information content (AvgIpc) is 2.98. The molecule has 1 saturated heterocycles. The van der Waals surface area contributed by atoms with Crippen molar-refractivity contribution in [1.29, 1.82) is 0 Å². The molecule has 0 spiro atoms. The van der Waals surface area contributed by atoms with Crippen molar-refractivity contribution in [3.05, 3.63) is 71.8 Å². The smallest absolute Gasteiger partial charge is 0.228 e. The fraction of sp³-hybridized carbons (Fsp3) is 0.364. The number of nitrogens with one attached hydrogen (secondary N) is 1. The Labute approximate surface area is 155 Å². The van der Waals surface area contributed by atoms with Gasteiger partial charge in [0.2, 0.25) is 11.8 Å². The predicted molar refractivity (Wildman–Crippen MR) is 102 cm³/mol. The Morgan fingerprint density at radius 3 is 2.12 bits per heavy atom. The molecule has 1 aliphatic heterocycles. The molecule has 0 aliphatic carbocycles. The Morgan fingerprint density at radius 1 is 1.00 bits per heavy atom. The third-order valence-electron chi connectivity index (χ3n) is 5.33. The summed E-state index contributed by atoms with van der Waals surface area (Å²) in [4.78, 5) is 27.3. The van der Waals surface area contributed by atoms with E-state index >= 15 is 0 Å². The molecule has 1 aliphatic rings. The van der Waals surface area contributed by atoms with Gasteiger partial charge in [-0.3, -0.25) is 9.59 Å². The molecule has 2 amide bonds. The molecule has 26 heavy (non-hydrogen) atoms. The Kier molecular flexibility index (Phi) is 5.12. The van der Waals surface area contributed by atoms with E-state index in [0.717, 1.165) is 11.1 Å². The highest BCUT2D eigenvalue weighted by molar-refractivity contribution is 5.92. The maximum absolute atomic E-state index is 12.9. The lowest BCUT2D eigenvalue weighted by molar-refractivity contribution is -0.132. The molecular formula is C22H26N2O2. The van der Waals surface area contributed by atoms with Crippen molar-refractivity contribution >= 4 is 11.8 Å². The molecule has 0 saturated carbocycles. The largest absolute Gasteiger partial charge is 0.349 e. The van der Waals surface area contributed by atoms with E-state index < -0.39 is 5.41 Å². The van der Waals surface area contributed by atoms with Gasteiger partial charge in [-0.2, -0.15) is 0 Å². The van der Waals surface area contributed by atoms with Crippen LogP contribution in [-0.4, -0.2) is 23.3 Å². The number of amides is 2. The zero-order valence-electron chi connectivity index (χ0n) is 15.6. The molecule has 1 fully saturated rings. The molecule has 1 heterocycles. The van der Waals surface area contributed by atoms with Crippen molar-refractivity contribution in [3.63, 3.8) is 0 Å². The summed E-state index contributed by atoms with van der Waals surface area (Å²) in [6, 6.07) is 19.7. The lowest BCUT2D eigenvalue weighted by atomic mass is 9.88. The SMILES string of the molecule is C[C@H](NC(=O)C1(C)CC(=O)N([C@H](C)c2ccccc2)C1)c1ccccc1. The van der Waals surface area contributed by atoms with E-state index in [1.54, 1.807) is 0 Å². The second-order valence-corrected chi connectivity index (χ2v) is 7.45. The van der Waals surface area contributed by atoms with Gasteiger partial charge in [0.1, 0.15) is 0 Å². The monoisotopic (exact) mass is 350 g/mol. The topological polar surface area (TPSA) is 49.4 Å². The highest BCUT2D eigenvalue weighted by atomic mass is 16.2. The van der Waals surface area contributed by atoms with Gasteiger partial charge >= 0.3 is 0 Å². The summed E-state index contributed by atoms with van der Waals surface area (Å²) in [5.41, 5.74) is 1.44. The van der Waals surface area contributed by atoms with Gasteiger partial charge in [-0.1, -0.05) is 60.7 Å². The van der Waals surface area contributed by atoms with Crippen molar-refractivity contribution < 1.29 is 9.59 Å². The molecule has 4 nitrogen and oxygen atoms in total. The fourth-order valence-corrected chi connectivity index (χ4v) is 3.57. The number of hydrogen-bond acceptors (Lipinski definition) is 2. The van der Waals surface area contributed by atoms with Crippen LogP contribution in [0.5, 0.6) is 0 Å². The van der Waals surface area contributed by atoms with E-state index in [9.17, 15) is 9.59 Å². The van der Waals surface area contributed by atoms with Crippen molar-refractivity contribution in [2.75, 3.05) is 6.54 Å². The van der Waals surface area contributed by atoms with Crippen molar-refractivity contribution in [2.24, 2.45) is 5.41 Å². The van der Waals surface area contributed by atoms with Crippen LogP contribution >= 0.6 is 0 Å². The molecule has 0 radical (unpaired) electrons. The van der Waals surface area contributed by atoms with Gasteiger partial charge < -0.3 is 10.2 Å². The Bertz CT molecular complexity index is 775. The molecule has 2 aromatic rings. The van der Waals surface area contributed by atoms with E-state index in [1.807, 2.05) is 86.3 Å². The molecule has 0 aromatic heterocycles. The first-order valence-corrected chi connectivity index (χ1v) is 9.11. The molecule has 3 atom stereocenters. The quantitative estimate of drug-likeness (QED) is 0.890. The summed E-state index contributed by atoms with van der Waals surface area (Å²) >= 11 is 0. The van der Waals surface area contributed by atoms with E-state index in [1.165, 1.54) is 0 Å². The van der Waals surface area contributed by atoms with Crippen molar-refractivity contribution in [3.8, 4) is 0 Å². The normalized spacial score (nSPS) is 22.1. The van der Waals surface area contributed by atoms with Gasteiger partial charge in [-0.05, 0) is 31.9 Å². The molecular weight excluding hydrogens is 324 g/mol. The van der Waals surface area contributed by atoms with Crippen LogP contribution in [0.1, 0.15) is 50.4 Å². The Balaban J connectivity index is 1.70. The van der Waals surface area contributed by atoms with Gasteiger partial charge in [0.05, 0.1) is 17.5 Å². The number of rotatable bonds is 5. The van der Waals surface area contributed by atoms with Gasteiger partial charge in [0.15, 0.2) is 0 Å². The zero-order valence-corrected chi connectivity index (χ0v) is 15.6. The minimum absolute atomic E-state index is 0.0337. The first-order chi connectivity index (χ1) is 12.4. The first kappa shape index (κ1) is 18.2. The van der Waals surface area contributed by atoms with Crippen LogP contribution in [0.3, 0.4) is 0 Å². The minimum Gasteiger partial charge on any atom is -0.349 e. The van der Waals surface area contributed by atoms with Crippen LogP contribution in [0.25, 0.3) is 0 Å². The number of hydrogen-bond donors (Lipinski definition) is 1. The molecule has 3 rings (SSSR count). The van der Waals surface area contributed by atoms with Crippen LogP contribution in [0.15, 0.2) is 60.7 Å². The summed E-state index contributed by atoms with van der Waals surface area (Å²) in [6.45, 7) is 6.31. The Hall–Kier alpha value is -2.62. The van der Waals surface area contributed by atoms with E-state index in [0.29, 0.717) is 6.54 Å². The molecule has 136 valence electrons. The van der Waals surface area contributed by atoms with Crippen molar-refractivity contribution in [1.82, 2.24) is 10.2 Å². The van der Waals surface area contributed by atoms with Gasteiger partial charge in [0.25, 0.3) is 0 Å². The third-order valence-corrected chi connectivity index (χ3v) is 5.33. The number of likely N-dealkylation sites (tertiary alicyclic amines) is 1. The lowest BCUT2D eigenvalue weighted by Gasteiger charge is -2.29. The van der Waals surface area contributed by atoms with Gasteiger partial charge in [-0.15, -0.1) is 0 Å². The third kappa shape index (κ3) is 3.64. The lowest BCUT2D eigenvalue weighted by Crippen LogP contribution is -2.42. The summed E-state index contributed by atoms with van der Waals surface area (Å²) < 4.78 is 0. The maximum atomic E-state index is 12.9. The molecule has 4 heteroatoms. The Morgan fingerprint density at radius 2 is 1.54 bits per heavy atom. The van der Waals surface area contributed by atoms with Gasteiger partial charge in [-0.25, -0.2) is 0 Å². The fourth-order valence-electron chi connectivity index (χ4n) is 3.57. The number of benzene rings is 2. The summed E-state index contributed by atoms with van der Waals surface area (Å²) in [5, 5.41) is 3.08. The average molecular weight is 350 g/mol. The summed E-state index contributed by atoms with van der Waals surface area (Å²) in [7, 11) is 0. The van der Waals surface area contributed by atoms with Crippen molar-refractivity contribution in [2.45, 2.75) is 39.3 Å². The standard InChI is InChI=1S/C22H26N2O2/c1-16(18-10-6-4-7-11-18)23-21(26)22(3)14-20(25)24(15-22)17(2)19-12-8-5-9-13-19/h4-13,16-17H,14-15H2,1-3H3,(H,23,26)/t16-,17+,22?/m0/s1. The van der Waals surface area contributed by atoms with E-state index in [4.69, 9.17) is 0 Å². The highest BCUT2D eigenvalue weighted by Crippen LogP contribution is 2.36. The highest BCUT2D eigenvalue weighted by Gasteiger charge is 2.46. The first-order valence-electron chi connectivity index (χ1n) is 9.11. The van der Waals surface area contributed by atoms with Crippen LogP contribution in [-0.2, 0) is 9.59 Å². The zero-order chi connectivity index (χ0) is 18.7. The summed E-state index contributed by atoms with van der Waals surface area (Å²) in [6.07, 6.45) is 0.248. The van der Waals surface area contributed by atoms with Crippen LogP contribution in [0, 0.1) is 5.41 Å². The molecule has 1 N–H and O–H groups in total. The number of carbonyl (C=O) groups is 2.